The molecule has 1 aromatic heterocycles. The molecule has 2 rings (SSSR count). The van der Waals surface area contributed by atoms with Gasteiger partial charge in [0.2, 0.25) is 0 Å². The van der Waals surface area contributed by atoms with E-state index >= 15 is 0 Å². The fourth-order valence-electron chi connectivity index (χ4n) is 1.68. The standard InChI is InChI=1S/C12H14ClN3OS/c1-18(17)8-4-7-14-12-10-6-3-2-5-9(10)11(13)15-16-12/h2-3,5-6H,4,7-8H2,1H3,(H,14,16). The molecule has 0 aliphatic heterocycles. The molecule has 1 atom stereocenters. The summed E-state index contributed by atoms with van der Waals surface area (Å²) in [4.78, 5) is 0. The molecule has 0 spiro atoms. The van der Waals surface area contributed by atoms with Crippen LogP contribution in [0.25, 0.3) is 10.8 Å². The third-order valence-electron chi connectivity index (χ3n) is 2.54. The van der Waals surface area contributed by atoms with Gasteiger partial charge in [-0.2, -0.15) is 0 Å². The van der Waals surface area contributed by atoms with Crippen LogP contribution in [-0.2, 0) is 10.8 Å². The zero-order valence-corrected chi connectivity index (χ0v) is 11.6. The van der Waals surface area contributed by atoms with Gasteiger partial charge >= 0.3 is 0 Å². The van der Waals surface area contributed by atoms with Crippen LogP contribution in [0.3, 0.4) is 0 Å². The molecule has 1 unspecified atom stereocenters. The van der Waals surface area contributed by atoms with Crippen LogP contribution in [-0.4, -0.2) is 33.0 Å². The largest absolute Gasteiger partial charge is 0.368 e. The number of fused-ring (bicyclic) bond motifs is 1. The van der Waals surface area contributed by atoms with Gasteiger partial charge in [-0.3, -0.25) is 4.21 Å². The molecule has 2 aromatic rings. The first-order chi connectivity index (χ1) is 8.68. The van der Waals surface area contributed by atoms with E-state index in [4.69, 9.17) is 11.6 Å². The first kappa shape index (κ1) is 13.2. The van der Waals surface area contributed by atoms with Gasteiger partial charge in [-0.05, 0) is 6.42 Å². The summed E-state index contributed by atoms with van der Waals surface area (Å²) in [6.07, 6.45) is 2.54. The van der Waals surface area contributed by atoms with Gasteiger partial charge in [0, 0.05) is 40.1 Å². The average Bonchev–Trinajstić information content (AvgIpc) is 2.37. The third kappa shape index (κ3) is 3.17. The summed E-state index contributed by atoms with van der Waals surface area (Å²) in [5, 5.41) is 13.4. The maximum Gasteiger partial charge on any atom is 0.159 e. The lowest BCUT2D eigenvalue weighted by Gasteiger charge is -2.08. The monoisotopic (exact) mass is 283 g/mol. The normalized spacial score (nSPS) is 12.6. The summed E-state index contributed by atoms with van der Waals surface area (Å²) in [5.41, 5.74) is 0. The summed E-state index contributed by atoms with van der Waals surface area (Å²) < 4.78 is 11.0. The Kier molecular flexibility index (Phi) is 4.49. The minimum absolute atomic E-state index is 0.408. The Hall–Kier alpha value is -1.20. The molecule has 0 aliphatic carbocycles. The predicted molar refractivity (Wildman–Crippen MR) is 76.6 cm³/mol. The molecule has 96 valence electrons. The molecule has 0 saturated heterocycles. The van der Waals surface area contributed by atoms with E-state index < -0.39 is 10.8 Å². The SMILES string of the molecule is CS(=O)CCCNc1nnc(Cl)c2ccccc12. The van der Waals surface area contributed by atoms with Gasteiger partial charge in [0.25, 0.3) is 0 Å². The highest BCUT2D eigenvalue weighted by Crippen LogP contribution is 2.25. The van der Waals surface area contributed by atoms with Crippen molar-refractivity contribution in [1.82, 2.24) is 10.2 Å². The van der Waals surface area contributed by atoms with Gasteiger partial charge in [-0.25, -0.2) is 0 Å². The number of aromatic nitrogens is 2. The van der Waals surface area contributed by atoms with Crippen molar-refractivity contribution >= 4 is 39.0 Å². The first-order valence-corrected chi connectivity index (χ1v) is 7.74. The molecule has 6 heteroatoms. The Morgan fingerprint density at radius 3 is 2.72 bits per heavy atom. The van der Waals surface area contributed by atoms with Gasteiger partial charge in [-0.15, -0.1) is 10.2 Å². The van der Waals surface area contributed by atoms with E-state index in [-0.39, 0.29) is 0 Å². The number of nitrogens with one attached hydrogen (secondary N) is 1. The minimum atomic E-state index is -0.751. The maximum atomic E-state index is 11.0. The summed E-state index contributed by atoms with van der Waals surface area (Å²) in [5.74, 6) is 1.41. The first-order valence-electron chi connectivity index (χ1n) is 5.63. The summed E-state index contributed by atoms with van der Waals surface area (Å²) >= 11 is 5.99. The van der Waals surface area contributed by atoms with Crippen LogP contribution in [0.15, 0.2) is 24.3 Å². The Balaban J connectivity index is 2.14. The van der Waals surface area contributed by atoms with E-state index in [2.05, 4.69) is 15.5 Å². The van der Waals surface area contributed by atoms with E-state index in [1.165, 1.54) is 0 Å². The number of benzene rings is 1. The molecule has 1 heterocycles. The topological polar surface area (TPSA) is 54.9 Å². The summed E-state index contributed by atoms with van der Waals surface area (Å²) in [6, 6.07) is 7.72. The zero-order valence-electron chi connectivity index (χ0n) is 10.0. The molecule has 0 saturated carbocycles. The fraction of sp³-hybridized carbons (Fsp3) is 0.333. The molecule has 1 N–H and O–H groups in total. The molecule has 0 radical (unpaired) electrons. The van der Waals surface area contributed by atoms with Crippen molar-refractivity contribution in [2.45, 2.75) is 6.42 Å². The van der Waals surface area contributed by atoms with E-state index in [1.54, 1.807) is 6.26 Å². The van der Waals surface area contributed by atoms with Crippen molar-refractivity contribution in [1.29, 1.82) is 0 Å². The maximum absolute atomic E-state index is 11.0. The number of hydrogen-bond donors (Lipinski definition) is 1. The van der Waals surface area contributed by atoms with Crippen molar-refractivity contribution in [3.05, 3.63) is 29.4 Å². The molecular formula is C12H14ClN3OS. The van der Waals surface area contributed by atoms with Crippen LogP contribution in [0.4, 0.5) is 5.82 Å². The smallest absolute Gasteiger partial charge is 0.159 e. The van der Waals surface area contributed by atoms with Crippen LogP contribution in [0.1, 0.15) is 6.42 Å². The third-order valence-corrected chi connectivity index (χ3v) is 3.69. The quantitative estimate of drug-likeness (QED) is 0.857. The van der Waals surface area contributed by atoms with E-state index in [0.717, 1.165) is 29.6 Å². The summed E-state index contributed by atoms with van der Waals surface area (Å²) in [6.45, 7) is 0.722. The van der Waals surface area contributed by atoms with Crippen LogP contribution in [0, 0.1) is 0 Å². The van der Waals surface area contributed by atoms with E-state index in [0.29, 0.717) is 10.9 Å². The van der Waals surface area contributed by atoms with Crippen molar-refractivity contribution in [2.75, 3.05) is 23.9 Å². The second-order valence-electron chi connectivity index (χ2n) is 3.94. The molecule has 0 amide bonds. The van der Waals surface area contributed by atoms with Crippen LogP contribution in [0.2, 0.25) is 5.15 Å². The number of halogens is 1. The van der Waals surface area contributed by atoms with Crippen LogP contribution in [0.5, 0.6) is 0 Å². The van der Waals surface area contributed by atoms with Gasteiger partial charge in [0.15, 0.2) is 11.0 Å². The Morgan fingerprint density at radius 2 is 2.00 bits per heavy atom. The average molecular weight is 284 g/mol. The van der Waals surface area contributed by atoms with Crippen molar-refractivity contribution in [2.24, 2.45) is 0 Å². The lowest BCUT2D eigenvalue weighted by Crippen LogP contribution is -2.08. The highest BCUT2D eigenvalue weighted by molar-refractivity contribution is 7.84. The minimum Gasteiger partial charge on any atom is -0.368 e. The Morgan fingerprint density at radius 1 is 1.28 bits per heavy atom. The molecule has 0 aliphatic rings. The fourth-order valence-corrected chi connectivity index (χ4v) is 2.44. The lowest BCUT2D eigenvalue weighted by molar-refractivity contribution is 0.685. The van der Waals surface area contributed by atoms with E-state index in [1.807, 2.05) is 24.3 Å². The molecule has 0 fully saturated rings. The van der Waals surface area contributed by atoms with Gasteiger partial charge in [0.1, 0.15) is 0 Å². The second-order valence-corrected chi connectivity index (χ2v) is 5.86. The molecule has 18 heavy (non-hydrogen) atoms. The zero-order chi connectivity index (χ0) is 13.0. The molecule has 0 bridgehead atoms. The van der Waals surface area contributed by atoms with E-state index in [9.17, 15) is 4.21 Å². The van der Waals surface area contributed by atoms with Crippen LogP contribution >= 0.6 is 11.6 Å². The van der Waals surface area contributed by atoms with Gasteiger partial charge in [-0.1, -0.05) is 35.9 Å². The molecular weight excluding hydrogens is 270 g/mol. The number of anilines is 1. The predicted octanol–water partition coefficient (Wildman–Crippen LogP) is 2.46. The number of nitrogens with zero attached hydrogens (tertiary/aromatic N) is 2. The van der Waals surface area contributed by atoms with Crippen molar-refractivity contribution < 1.29 is 4.21 Å². The number of hydrogen-bond acceptors (Lipinski definition) is 4. The highest BCUT2D eigenvalue weighted by atomic mass is 35.5. The Labute approximate surface area is 113 Å². The molecule has 4 nitrogen and oxygen atoms in total. The Bertz CT molecular complexity index is 576. The second kappa shape index (κ2) is 6.11. The van der Waals surface area contributed by atoms with Crippen molar-refractivity contribution in [3.8, 4) is 0 Å². The molecule has 1 aromatic carbocycles. The summed E-state index contributed by atoms with van der Waals surface area (Å²) in [7, 11) is -0.751. The van der Waals surface area contributed by atoms with Gasteiger partial charge in [0.05, 0.1) is 0 Å². The lowest BCUT2D eigenvalue weighted by atomic mass is 10.2. The van der Waals surface area contributed by atoms with Gasteiger partial charge < -0.3 is 5.32 Å². The number of rotatable bonds is 5. The van der Waals surface area contributed by atoms with Crippen LogP contribution < -0.4 is 5.32 Å². The van der Waals surface area contributed by atoms with Crippen molar-refractivity contribution in [3.63, 3.8) is 0 Å². The highest BCUT2D eigenvalue weighted by Gasteiger charge is 2.06.